The van der Waals surface area contributed by atoms with Gasteiger partial charge in [0.05, 0.1) is 0 Å². The number of Topliss-reactive ketones (excluding diaryl/α,β-unsaturated/α-hetero) is 1. The van der Waals surface area contributed by atoms with E-state index in [1.165, 1.54) is 6.92 Å². The molecule has 0 saturated carbocycles. The lowest BCUT2D eigenvalue weighted by atomic mass is 10.3. The van der Waals surface area contributed by atoms with Gasteiger partial charge >= 0.3 is 5.97 Å². The highest BCUT2D eigenvalue weighted by Gasteiger charge is 2.05. The van der Waals surface area contributed by atoms with Crippen molar-refractivity contribution in [1.29, 1.82) is 0 Å². The van der Waals surface area contributed by atoms with Crippen molar-refractivity contribution in [2.24, 2.45) is 0 Å². The van der Waals surface area contributed by atoms with Crippen LogP contribution in [0.1, 0.15) is 28.2 Å². The van der Waals surface area contributed by atoms with Crippen molar-refractivity contribution in [2.45, 2.75) is 28.2 Å². The van der Waals surface area contributed by atoms with Crippen LogP contribution in [-0.2, 0) is 9.59 Å². The van der Waals surface area contributed by atoms with Gasteiger partial charge in [0.2, 0.25) is 5.78 Å². The average molecular weight is 134 g/mol. The van der Waals surface area contributed by atoms with Gasteiger partial charge in [-0.15, -0.1) is 0 Å². The van der Waals surface area contributed by atoms with Gasteiger partial charge in [-0.05, 0) is 0 Å². The van der Waals surface area contributed by atoms with E-state index in [1.807, 2.05) is 0 Å². The first-order valence-electron chi connectivity index (χ1n) is 1.94. The number of aliphatic carboxylic acids is 1. The molecule has 0 aliphatic heterocycles. The fraction of sp³-hybridized carbons (Fsp3) is 0.667. The summed E-state index contributed by atoms with van der Waals surface area (Å²) in [5.74, 6) is -2.08. The zero-order valence-corrected chi connectivity index (χ0v) is 3.97. The normalized spacial score (nSPS) is 6.33. The van der Waals surface area contributed by atoms with Gasteiger partial charge in [0.1, 0.15) is 0 Å². The molecule has 9 heavy (non-hydrogen) atoms. The van der Waals surface area contributed by atoms with Gasteiger partial charge in [-0.2, -0.15) is 0 Å². The smallest absolute Gasteiger partial charge is 0.372 e. The first-order valence-corrected chi connectivity index (χ1v) is 1.94. The Hall–Kier alpha value is -0.860. The Kier molecular flexibility index (Phi) is 12.5. The van der Waals surface area contributed by atoms with E-state index in [0.717, 1.165) is 0 Å². The third-order valence-electron chi connectivity index (χ3n) is 0.560. The van der Waals surface area contributed by atoms with E-state index in [1.54, 1.807) is 0 Å². The molecule has 0 amide bonds. The van der Waals surface area contributed by atoms with Gasteiger partial charge in [0.15, 0.2) is 0 Å². The minimum absolute atomic E-state index is 0. The zero-order valence-electron chi connectivity index (χ0n) is 3.97. The van der Waals surface area contributed by atoms with Crippen LogP contribution in [0.5, 0.6) is 0 Å². The SMILES string of the molecule is C.C.CCC(=O)C(=O)O. The summed E-state index contributed by atoms with van der Waals surface area (Å²) >= 11 is 0. The lowest BCUT2D eigenvalue weighted by Gasteiger charge is -1.80. The van der Waals surface area contributed by atoms with Crippen LogP contribution in [0.25, 0.3) is 0 Å². The lowest BCUT2D eigenvalue weighted by Crippen LogP contribution is -2.09. The predicted molar refractivity (Wildman–Crippen MR) is 36.4 cm³/mol. The number of carbonyl (C=O) groups is 2. The zero-order chi connectivity index (χ0) is 5.86. The number of hydrogen-bond donors (Lipinski definition) is 1. The highest BCUT2D eigenvalue weighted by atomic mass is 16.4. The predicted octanol–water partition coefficient (Wildman–Crippen LogP) is 1.32. The Morgan fingerprint density at radius 3 is 1.67 bits per heavy atom. The number of carboxylic acid groups (broad SMARTS) is 1. The van der Waals surface area contributed by atoms with Gasteiger partial charge in [-0.1, -0.05) is 21.8 Å². The highest BCUT2D eigenvalue weighted by Crippen LogP contribution is 1.76. The molecule has 0 spiro atoms. The van der Waals surface area contributed by atoms with Gasteiger partial charge in [0.25, 0.3) is 0 Å². The molecule has 0 bridgehead atoms. The molecule has 0 atom stereocenters. The van der Waals surface area contributed by atoms with E-state index in [0.29, 0.717) is 0 Å². The van der Waals surface area contributed by atoms with Crippen LogP contribution in [0.2, 0.25) is 0 Å². The highest BCUT2D eigenvalue weighted by molar-refractivity contribution is 6.32. The van der Waals surface area contributed by atoms with Crippen molar-refractivity contribution >= 4 is 11.8 Å². The Labute approximate surface area is 55.7 Å². The monoisotopic (exact) mass is 134 g/mol. The molecule has 56 valence electrons. The summed E-state index contributed by atoms with van der Waals surface area (Å²) in [4.78, 5) is 19.5. The Balaban J connectivity index is -0.000000180. The molecule has 3 nitrogen and oxygen atoms in total. The third kappa shape index (κ3) is 7.14. The van der Waals surface area contributed by atoms with E-state index in [4.69, 9.17) is 5.11 Å². The molecule has 1 N–H and O–H groups in total. The van der Waals surface area contributed by atoms with Crippen molar-refractivity contribution in [3.63, 3.8) is 0 Å². The summed E-state index contributed by atoms with van der Waals surface area (Å²) in [7, 11) is 0. The number of rotatable bonds is 2. The molecule has 0 rings (SSSR count). The quantitative estimate of drug-likeness (QED) is 0.579. The first kappa shape index (κ1) is 15.7. The molecule has 0 unspecified atom stereocenters. The van der Waals surface area contributed by atoms with Crippen LogP contribution in [0.4, 0.5) is 0 Å². The van der Waals surface area contributed by atoms with Crippen molar-refractivity contribution < 1.29 is 14.7 Å². The summed E-state index contributed by atoms with van der Waals surface area (Å²) in [6.45, 7) is 1.51. The molecule has 0 aromatic rings. The molecular formula is C6H14O3. The Morgan fingerprint density at radius 1 is 1.33 bits per heavy atom. The molecule has 0 radical (unpaired) electrons. The first-order chi connectivity index (χ1) is 3.18. The topological polar surface area (TPSA) is 54.4 Å². The third-order valence-corrected chi connectivity index (χ3v) is 0.560. The van der Waals surface area contributed by atoms with Gasteiger partial charge in [-0.3, -0.25) is 4.79 Å². The van der Waals surface area contributed by atoms with Gasteiger partial charge < -0.3 is 5.11 Å². The van der Waals surface area contributed by atoms with Crippen LogP contribution >= 0.6 is 0 Å². The molecule has 0 fully saturated rings. The minimum atomic E-state index is -1.34. The molecule has 3 heteroatoms. The lowest BCUT2D eigenvalue weighted by molar-refractivity contribution is -0.148. The van der Waals surface area contributed by atoms with Crippen LogP contribution in [0.15, 0.2) is 0 Å². The molecule has 0 aliphatic carbocycles. The van der Waals surface area contributed by atoms with E-state index in [9.17, 15) is 9.59 Å². The van der Waals surface area contributed by atoms with Crippen LogP contribution in [0.3, 0.4) is 0 Å². The summed E-state index contributed by atoms with van der Waals surface area (Å²) in [6, 6.07) is 0. The van der Waals surface area contributed by atoms with Crippen LogP contribution in [0, 0.1) is 0 Å². The Morgan fingerprint density at radius 2 is 1.67 bits per heavy atom. The molecule has 0 aromatic carbocycles. The number of hydrogen-bond acceptors (Lipinski definition) is 2. The number of carboxylic acids is 1. The minimum Gasteiger partial charge on any atom is -0.476 e. The fourth-order valence-corrected chi connectivity index (χ4v) is 0.151. The number of ketones is 1. The molecule has 0 aromatic heterocycles. The van der Waals surface area contributed by atoms with Crippen molar-refractivity contribution in [2.75, 3.05) is 0 Å². The van der Waals surface area contributed by atoms with E-state index in [2.05, 4.69) is 0 Å². The summed E-state index contributed by atoms with van der Waals surface area (Å²) in [5, 5.41) is 7.83. The van der Waals surface area contributed by atoms with E-state index in [-0.39, 0.29) is 21.3 Å². The second-order valence-electron chi connectivity index (χ2n) is 1.08. The summed E-state index contributed by atoms with van der Waals surface area (Å²) in [5.41, 5.74) is 0. The van der Waals surface area contributed by atoms with Crippen molar-refractivity contribution in [3.8, 4) is 0 Å². The average Bonchev–Trinajstić information content (AvgIpc) is 1.65. The fourth-order valence-electron chi connectivity index (χ4n) is 0.151. The second kappa shape index (κ2) is 7.14. The van der Waals surface area contributed by atoms with E-state index >= 15 is 0 Å². The molecule has 0 heterocycles. The molecule has 0 aliphatic rings. The largest absolute Gasteiger partial charge is 0.476 e. The maximum atomic E-state index is 9.91. The maximum absolute atomic E-state index is 9.91. The van der Waals surface area contributed by atoms with E-state index < -0.39 is 11.8 Å². The summed E-state index contributed by atoms with van der Waals surface area (Å²) in [6.07, 6.45) is 0.0787. The summed E-state index contributed by atoms with van der Waals surface area (Å²) < 4.78 is 0. The Bertz CT molecular complexity index is 96.5. The van der Waals surface area contributed by atoms with Crippen LogP contribution < -0.4 is 0 Å². The maximum Gasteiger partial charge on any atom is 0.372 e. The second-order valence-corrected chi connectivity index (χ2v) is 1.08. The van der Waals surface area contributed by atoms with Crippen molar-refractivity contribution in [3.05, 3.63) is 0 Å². The molecule has 0 saturated heterocycles. The van der Waals surface area contributed by atoms with Crippen molar-refractivity contribution in [1.82, 2.24) is 0 Å². The standard InChI is InChI=1S/C4H6O3.2CH4/c1-2-3(5)4(6)7;;/h2H2,1H3,(H,6,7);2*1H4. The van der Waals surface area contributed by atoms with Crippen LogP contribution in [-0.4, -0.2) is 16.9 Å². The molecular weight excluding hydrogens is 120 g/mol. The van der Waals surface area contributed by atoms with Gasteiger partial charge in [0, 0.05) is 6.42 Å². The number of carbonyl (C=O) groups excluding carboxylic acids is 1. The van der Waals surface area contributed by atoms with Gasteiger partial charge in [-0.25, -0.2) is 4.79 Å².